The Balaban J connectivity index is 2.63. The van der Waals surface area contributed by atoms with Crippen LogP contribution >= 0.6 is 15.9 Å². The van der Waals surface area contributed by atoms with Crippen LogP contribution in [0, 0.1) is 0 Å². The van der Waals surface area contributed by atoms with Crippen LogP contribution in [0.4, 0.5) is 0 Å². The summed E-state index contributed by atoms with van der Waals surface area (Å²) in [5.74, 6) is 0.936. The highest BCUT2D eigenvalue weighted by molar-refractivity contribution is 9.10. The Kier molecular flexibility index (Phi) is 6.99. The van der Waals surface area contributed by atoms with Gasteiger partial charge in [-0.2, -0.15) is 0 Å². The molecule has 0 atom stereocenters. The maximum atomic E-state index is 11.1. The molecule has 0 saturated carbocycles. The molecule has 0 unspecified atom stereocenters. The van der Waals surface area contributed by atoms with Crippen LogP contribution in [0.25, 0.3) is 0 Å². The molecule has 6 heteroatoms. The topological polar surface area (TPSA) is 55.4 Å². The monoisotopic (exact) mass is 363 g/mol. The van der Waals surface area contributed by atoms with E-state index in [0.29, 0.717) is 19.1 Å². The van der Waals surface area contributed by atoms with Crippen LogP contribution in [-0.4, -0.2) is 33.1 Å². The Bertz CT molecular complexity index is 529. The molecule has 0 aliphatic carbocycles. The predicted octanol–water partition coefficient (Wildman–Crippen LogP) is 2.76. The van der Waals surface area contributed by atoms with Crippen LogP contribution in [0.5, 0.6) is 5.75 Å². The van der Waals surface area contributed by atoms with Gasteiger partial charge in [-0.05, 0) is 28.4 Å². The quantitative estimate of drug-likeness (QED) is 0.721. The van der Waals surface area contributed by atoms with Gasteiger partial charge in [-0.15, -0.1) is 0 Å². The Hall–Kier alpha value is -0.590. The van der Waals surface area contributed by atoms with Crippen molar-refractivity contribution in [1.82, 2.24) is 5.32 Å². The van der Waals surface area contributed by atoms with E-state index in [1.54, 1.807) is 0 Å². The second-order valence-electron chi connectivity index (χ2n) is 5.10. The van der Waals surface area contributed by atoms with E-state index in [2.05, 4.69) is 35.1 Å². The standard InChI is InChI=1S/C14H22BrNO3S/c1-11(2)16-10-12-6-4-7-13(15)14(12)19-8-5-9-20(3,17)18/h4,6-7,11,16H,5,8-10H2,1-3H3. The summed E-state index contributed by atoms with van der Waals surface area (Å²) in [6.07, 6.45) is 1.74. The van der Waals surface area contributed by atoms with Crippen LogP contribution in [0.1, 0.15) is 25.8 Å². The molecule has 0 aliphatic rings. The molecule has 114 valence electrons. The van der Waals surface area contributed by atoms with Crippen molar-refractivity contribution in [2.75, 3.05) is 18.6 Å². The van der Waals surface area contributed by atoms with Crippen molar-refractivity contribution in [2.45, 2.75) is 32.9 Å². The molecule has 1 aromatic rings. The molecule has 1 rings (SSSR count). The zero-order valence-electron chi connectivity index (χ0n) is 12.1. The molecule has 20 heavy (non-hydrogen) atoms. The summed E-state index contributed by atoms with van der Waals surface area (Å²) < 4.78 is 28.8. The molecule has 0 radical (unpaired) electrons. The number of hydrogen-bond donors (Lipinski definition) is 1. The molecule has 0 bridgehead atoms. The van der Waals surface area contributed by atoms with E-state index in [1.807, 2.05) is 18.2 Å². The molecule has 4 nitrogen and oxygen atoms in total. The first-order chi connectivity index (χ1) is 9.29. The number of ether oxygens (including phenoxy) is 1. The third-order valence-electron chi connectivity index (χ3n) is 2.66. The van der Waals surface area contributed by atoms with Crippen LogP contribution in [0.15, 0.2) is 22.7 Å². The lowest BCUT2D eigenvalue weighted by molar-refractivity contribution is 0.311. The summed E-state index contributed by atoms with van der Waals surface area (Å²) >= 11 is 3.47. The SMILES string of the molecule is CC(C)NCc1cccc(Br)c1OCCCS(C)(=O)=O. The van der Waals surface area contributed by atoms with Gasteiger partial charge in [0.05, 0.1) is 16.8 Å². The Morgan fingerprint density at radius 2 is 2.05 bits per heavy atom. The van der Waals surface area contributed by atoms with Gasteiger partial charge in [-0.1, -0.05) is 26.0 Å². The number of benzene rings is 1. The van der Waals surface area contributed by atoms with Gasteiger partial charge in [0, 0.05) is 24.4 Å². The van der Waals surface area contributed by atoms with Crippen molar-refractivity contribution in [1.29, 1.82) is 0 Å². The van der Waals surface area contributed by atoms with Crippen LogP contribution in [-0.2, 0) is 16.4 Å². The maximum Gasteiger partial charge on any atom is 0.147 e. The summed E-state index contributed by atoms with van der Waals surface area (Å²) in [6, 6.07) is 6.29. The minimum Gasteiger partial charge on any atom is -0.492 e. The first-order valence-corrected chi connectivity index (χ1v) is 9.46. The smallest absolute Gasteiger partial charge is 0.147 e. The average Bonchev–Trinajstić information content (AvgIpc) is 2.32. The molecule has 0 amide bonds. The van der Waals surface area contributed by atoms with Crippen LogP contribution < -0.4 is 10.1 Å². The molecular weight excluding hydrogens is 342 g/mol. The number of sulfone groups is 1. The van der Waals surface area contributed by atoms with E-state index in [4.69, 9.17) is 4.74 Å². The fourth-order valence-corrected chi connectivity index (χ4v) is 2.83. The highest BCUT2D eigenvalue weighted by atomic mass is 79.9. The summed E-state index contributed by atoms with van der Waals surface area (Å²) in [6.45, 7) is 5.29. The van der Waals surface area contributed by atoms with Gasteiger partial charge < -0.3 is 10.1 Å². The van der Waals surface area contributed by atoms with E-state index in [0.717, 1.165) is 22.3 Å². The Morgan fingerprint density at radius 1 is 1.35 bits per heavy atom. The fraction of sp³-hybridized carbons (Fsp3) is 0.571. The van der Waals surface area contributed by atoms with Gasteiger partial charge >= 0.3 is 0 Å². The van der Waals surface area contributed by atoms with Gasteiger partial charge in [0.1, 0.15) is 15.6 Å². The third kappa shape index (κ3) is 6.72. The highest BCUT2D eigenvalue weighted by Crippen LogP contribution is 2.29. The van der Waals surface area contributed by atoms with Gasteiger partial charge in [-0.25, -0.2) is 8.42 Å². The van der Waals surface area contributed by atoms with Crippen LogP contribution in [0.3, 0.4) is 0 Å². The van der Waals surface area contributed by atoms with E-state index < -0.39 is 9.84 Å². The van der Waals surface area contributed by atoms with Gasteiger partial charge in [-0.3, -0.25) is 0 Å². The zero-order chi connectivity index (χ0) is 15.2. The summed E-state index contributed by atoms with van der Waals surface area (Å²) in [5.41, 5.74) is 1.06. The van der Waals surface area contributed by atoms with Crippen molar-refractivity contribution in [3.8, 4) is 5.75 Å². The summed E-state index contributed by atoms with van der Waals surface area (Å²) in [5, 5.41) is 3.35. The molecule has 0 spiro atoms. The lowest BCUT2D eigenvalue weighted by Gasteiger charge is -2.15. The van der Waals surface area contributed by atoms with Crippen molar-refractivity contribution in [3.63, 3.8) is 0 Å². The molecular formula is C14H22BrNO3S. The van der Waals surface area contributed by atoms with Crippen molar-refractivity contribution in [3.05, 3.63) is 28.2 Å². The van der Waals surface area contributed by atoms with Crippen molar-refractivity contribution >= 4 is 25.8 Å². The molecule has 1 aromatic carbocycles. The Morgan fingerprint density at radius 3 is 2.65 bits per heavy atom. The summed E-state index contributed by atoms with van der Waals surface area (Å²) in [4.78, 5) is 0. The van der Waals surface area contributed by atoms with Gasteiger partial charge in [0.2, 0.25) is 0 Å². The van der Waals surface area contributed by atoms with E-state index in [-0.39, 0.29) is 5.75 Å². The normalized spacial score (nSPS) is 11.8. The highest BCUT2D eigenvalue weighted by Gasteiger charge is 2.09. The second kappa shape index (κ2) is 8.00. The van der Waals surface area contributed by atoms with Crippen molar-refractivity contribution < 1.29 is 13.2 Å². The molecule has 0 saturated heterocycles. The molecule has 0 aliphatic heterocycles. The average molecular weight is 364 g/mol. The van der Waals surface area contributed by atoms with E-state index in [9.17, 15) is 8.42 Å². The zero-order valence-corrected chi connectivity index (χ0v) is 14.6. The van der Waals surface area contributed by atoms with Crippen LogP contribution in [0.2, 0.25) is 0 Å². The first-order valence-electron chi connectivity index (χ1n) is 6.61. The molecule has 0 aromatic heterocycles. The predicted molar refractivity (Wildman–Crippen MR) is 85.9 cm³/mol. The molecule has 0 heterocycles. The number of nitrogens with one attached hydrogen (secondary N) is 1. The summed E-state index contributed by atoms with van der Waals surface area (Å²) in [7, 11) is -2.92. The number of halogens is 1. The van der Waals surface area contributed by atoms with Gasteiger partial charge in [0.25, 0.3) is 0 Å². The number of para-hydroxylation sites is 1. The Labute approximate surface area is 130 Å². The molecule has 1 N–H and O–H groups in total. The fourth-order valence-electron chi connectivity index (χ4n) is 1.66. The van der Waals surface area contributed by atoms with Gasteiger partial charge in [0.15, 0.2) is 0 Å². The third-order valence-corrected chi connectivity index (χ3v) is 4.31. The lowest BCUT2D eigenvalue weighted by Crippen LogP contribution is -2.22. The van der Waals surface area contributed by atoms with Crippen molar-refractivity contribution in [2.24, 2.45) is 0 Å². The molecule has 0 fully saturated rings. The largest absolute Gasteiger partial charge is 0.492 e. The maximum absolute atomic E-state index is 11.1. The second-order valence-corrected chi connectivity index (χ2v) is 8.21. The first kappa shape index (κ1) is 17.5. The number of hydrogen-bond acceptors (Lipinski definition) is 4. The minimum atomic E-state index is -2.92. The minimum absolute atomic E-state index is 0.150. The van der Waals surface area contributed by atoms with E-state index >= 15 is 0 Å². The lowest BCUT2D eigenvalue weighted by atomic mass is 10.2. The van der Waals surface area contributed by atoms with E-state index in [1.165, 1.54) is 6.26 Å². The number of rotatable bonds is 8.